The Morgan fingerprint density at radius 2 is 1.67 bits per heavy atom. The van der Waals surface area contributed by atoms with Crippen LogP contribution in [0.25, 0.3) is 0 Å². The molecule has 1 N–H and O–H groups in total. The van der Waals surface area contributed by atoms with Crippen molar-refractivity contribution in [1.29, 1.82) is 0 Å². The summed E-state index contributed by atoms with van der Waals surface area (Å²) in [4.78, 5) is 27.1. The fourth-order valence-electron chi connectivity index (χ4n) is 3.85. The summed E-state index contributed by atoms with van der Waals surface area (Å²) in [6, 6.07) is 13.0. The highest BCUT2D eigenvalue weighted by atomic mass is 16.5. The van der Waals surface area contributed by atoms with Crippen molar-refractivity contribution < 1.29 is 19.1 Å². The second kappa shape index (κ2) is 10.1. The number of carbonyl (C=O) groups excluding carboxylic acids is 2. The number of ether oxygens (including phenoxy) is 2. The molecule has 1 fully saturated rings. The van der Waals surface area contributed by atoms with E-state index in [1.165, 1.54) is 0 Å². The van der Waals surface area contributed by atoms with Gasteiger partial charge in [0.05, 0.1) is 14.2 Å². The van der Waals surface area contributed by atoms with Gasteiger partial charge in [-0.1, -0.05) is 18.2 Å². The van der Waals surface area contributed by atoms with Crippen molar-refractivity contribution in [2.75, 3.05) is 32.6 Å². The van der Waals surface area contributed by atoms with Gasteiger partial charge in [-0.2, -0.15) is 0 Å². The van der Waals surface area contributed by atoms with E-state index in [0.717, 1.165) is 43.5 Å². The Kier molecular flexibility index (Phi) is 7.33. The topological polar surface area (TPSA) is 67.9 Å². The summed E-state index contributed by atoms with van der Waals surface area (Å²) >= 11 is 0. The zero-order valence-corrected chi connectivity index (χ0v) is 17.9. The molecule has 0 saturated carbocycles. The number of aryl methyl sites for hydroxylation is 1. The van der Waals surface area contributed by atoms with Crippen molar-refractivity contribution in [3.05, 3.63) is 53.6 Å². The first-order valence-electron chi connectivity index (χ1n) is 10.4. The van der Waals surface area contributed by atoms with Crippen LogP contribution in [0.15, 0.2) is 42.5 Å². The molecule has 3 rings (SSSR count). The van der Waals surface area contributed by atoms with Crippen LogP contribution in [-0.2, 0) is 4.79 Å². The molecule has 0 radical (unpaired) electrons. The average Bonchev–Trinajstić information content (AvgIpc) is 2.77. The quantitative estimate of drug-likeness (QED) is 0.740. The smallest absolute Gasteiger partial charge is 0.254 e. The van der Waals surface area contributed by atoms with Crippen LogP contribution < -0.4 is 14.8 Å². The monoisotopic (exact) mass is 410 g/mol. The van der Waals surface area contributed by atoms with Crippen LogP contribution in [0.1, 0.15) is 41.6 Å². The maximum Gasteiger partial charge on any atom is 0.254 e. The molecular formula is C24H30N2O4. The van der Waals surface area contributed by atoms with E-state index < -0.39 is 0 Å². The number of hydrogen-bond acceptors (Lipinski definition) is 4. The number of anilines is 1. The molecule has 0 bridgehead atoms. The van der Waals surface area contributed by atoms with Crippen molar-refractivity contribution in [2.24, 2.45) is 5.92 Å². The van der Waals surface area contributed by atoms with Gasteiger partial charge in [0.25, 0.3) is 5.91 Å². The molecule has 160 valence electrons. The molecule has 1 heterocycles. The van der Waals surface area contributed by atoms with Crippen LogP contribution in [0.3, 0.4) is 0 Å². The number of nitrogens with one attached hydrogen (secondary N) is 1. The lowest BCUT2D eigenvalue weighted by atomic mass is 9.91. The highest BCUT2D eigenvalue weighted by Crippen LogP contribution is 2.27. The number of nitrogens with zero attached hydrogens (tertiary/aromatic N) is 1. The molecule has 0 aromatic heterocycles. The predicted octanol–water partition coefficient (Wildman–Crippen LogP) is 4.28. The van der Waals surface area contributed by atoms with E-state index in [0.29, 0.717) is 29.5 Å². The molecule has 1 aliphatic heterocycles. The first-order chi connectivity index (χ1) is 14.5. The fourth-order valence-corrected chi connectivity index (χ4v) is 3.85. The Balaban J connectivity index is 1.46. The van der Waals surface area contributed by atoms with Gasteiger partial charge in [-0.3, -0.25) is 9.59 Å². The lowest BCUT2D eigenvalue weighted by molar-refractivity contribution is -0.116. The standard InChI is InChI=1S/C24H30N2O4/c1-17-6-4-5-7-22(17)24(28)26-12-10-18(11-13-26)8-9-23(27)25-19-14-20(29-2)16-21(15-19)30-3/h4-7,14-16,18H,8-13H2,1-3H3,(H,25,27). The number of carbonyl (C=O) groups is 2. The van der Waals surface area contributed by atoms with E-state index in [1.807, 2.05) is 36.1 Å². The fraction of sp³-hybridized carbons (Fsp3) is 0.417. The Morgan fingerprint density at radius 3 is 2.27 bits per heavy atom. The molecule has 6 heteroatoms. The van der Waals surface area contributed by atoms with Crippen LogP contribution >= 0.6 is 0 Å². The second-order valence-corrected chi connectivity index (χ2v) is 7.74. The van der Waals surface area contributed by atoms with Crippen molar-refractivity contribution in [3.63, 3.8) is 0 Å². The highest BCUT2D eigenvalue weighted by molar-refractivity contribution is 5.95. The van der Waals surface area contributed by atoms with Gasteiger partial charge in [0.2, 0.25) is 5.91 Å². The van der Waals surface area contributed by atoms with Crippen molar-refractivity contribution in [3.8, 4) is 11.5 Å². The van der Waals surface area contributed by atoms with E-state index in [9.17, 15) is 9.59 Å². The number of piperidine rings is 1. The van der Waals surface area contributed by atoms with Crippen molar-refractivity contribution >= 4 is 17.5 Å². The van der Waals surface area contributed by atoms with Crippen LogP contribution in [0.5, 0.6) is 11.5 Å². The Hall–Kier alpha value is -3.02. The van der Waals surface area contributed by atoms with Gasteiger partial charge in [0, 0.05) is 49.0 Å². The molecule has 2 aromatic rings. The van der Waals surface area contributed by atoms with Crippen LogP contribution in [0.2, 0.25) is 0 Å². The number of amides is 2. The first kappa shape index (κ1) is 21.7. The number of hydrogen-bond donors (Lipinski definition) is 1. The average molecular weight is 411 g/mol. The minimum Gasteiger partial charge on any atom is -0.497 e. The van der Waals surface area contributed by atoms with E-state index in [-0.39, 0.29) is 11.8 Å². The first-order valence-corrected chi connectivity index (χ1v) is 10.4. The molecular weight excluding hydrogens is 380 g/mol. The van der Waals surface area contributed by atoms with Gasteiger partial charge in [-0.25, -0.2) is 0 Å². The van der Waals surface area contributed by atoms with E-state index in [1.54, 1.807) is 32.4 Å². The number of methoxy groups -OCH3 is 2. The summed E-state index contributed by atoms with van der Waals surface area (Å²) in [6.07, 6.45) is 3.13. The molecule has 2 amide bonds. The largest absolute Gasteiger partial charge is 0.497 e. The third-order valence-corrected chi connectivity index (χ3v) is 5.69. The molecule has 0 spiro atoms. The SMILES string of the molecule is COc1cc(NC(=O)CCC2CCN(C(=O)c3ccccc3C)CC2)cc(OC)c1. The lowest BCUT2D eigenvalue weighted by Crippen LogP contribution is -2.38. The molecule has 0 unspecified atom stereocenters. The zero-order valence-electron chi connectivity index (χ0n) is 17.9. The van der Waals surface area contributed by atoms with Gasteiger partial charge in [-0.05, 0) is 43.7 Å². The minimum atomic E-state index is -0.0243. The van der Waals surface area contributed by atoms with Crippen LogP contribution in [0, 0.1) is 12.8 Å². The molecule has 0 atom stereocenters. The Labute approximate surface area is 178 Å². The van der Waals surface area contributed by atoms with E-state index in [2.05, 4.69) is 5.32 Å². The normalized spacial score (nSPS) is 14.3. The second-order valence-electron chi connectivity index (χ2n) is 7.74. The molecule has 0 aliphatic carbocycles. The lowest BCUT2D eigenvalue weighted by Gasteiger charge is -2.32. The minimum absolute atomic E-state index is 0.0243. The van der Waals surface area contributed by atoms with Crippen molar-refractivity contribution in [1.82, 2.24) is 4.90 Å². The third-order valence-electron chi connectivity index (χ3n) is 5.69. The number of likely N-dealkylation sites (tertiary alicyclic amines) is 1. The number of benzene rings is 2. The van der Waals surface area contributed by atoms with Gasteiger partial charge >= 0.3 is 0 Å². The molecule has 6 nitrogen and oxygen atoms in total. The summed E-state index contributed by atoms with van der Waals surface area (Å²) in [5, 5.41) is 2.92. The zero-order chi connectivity index (χ0) is 21.5. The summed E-state index contributed by atoms with van der Waals surface area (Å²) in [5.41, 5.74) is 2.45. The van der Waals surface area contributed by atoms with Crippen molar-refractivity contribution in [2.45, 2.75) is 32.6 Å². The third kappa shape index (κ3) is 5.53. The maximum atomic E-state index is 12.7. The summed E-state index contributed by atoms with van der Waals surface area (Å²) in [5.74, 6) is 1.81. The van der Waals surface area contributed by atoms with Crippen LogP contribution in [-0.4, -0.2) is 44.0 Å². The Bertz CT molecular complexity index is 866. The van der Waals surface area contributed by atoms with Gasteiger partial charge in [0.1, 0.15) is 11.5 Å². The molecule has 2 aromatic carbocycles. The summed E-state index contributed by atoms with van der Waals surface area (Å²) in [6.45, 7) is 3.45. The predicted molar refractivity (Wildman–Crippen MR) is 117 cm³/mol. The van der Waals surface area contributed by atoms with Crippen LogP contribution in [0.4, 0.5) is 5.69 Å². The number of rotatable bonds is 7. The maximum absolute atomic E-state index is 12.7. The van der Waals surface area contributed by atoms with Gasteiger partial charge in [0.15, 0.2) is 0 Å². The van der Waals surface area contributed by atoms with Gasteiger partial charge < -0.3 is 19.7 Å². The molecule has 30 heavy (non-hydrogen) atoms. The highest BCUT2D eigenvalue weighted by Gasteiger charge is 2.24. The molecule has 1 aliphatic rings. The summed E-state index contributed by atoms with van der Waals surface area (Å²) < 4.78 is 10.5. The molecule has 1 saturated heterocycles. The van der Waals surface area contributed by atoms with E-state index >= 15 is 0 Å². The van der Waals surface area contributed by atoms with E-state index in [4.69, 9.17) is 9.47 Å². The summed E-state index contributed by atoms with van der Waals surface area (Å²) in [7, 11) is 3.16. The van der Waals surface area contributed by atoms with Gasteiger partial charge in [-0.15, -0.1) is 0 Å². The Morgan fingerprint density at radius 1 is 1.03 bits per heavy atom.